The van der Waals surface area contributed by atoms with Crippen LogP contribution in [0, 0.1) is 5.82 Å². The molecule has 0 saturated carbocycles. The lowest BCUT2D eigenvalue weighted by molar-refractivity contribution is -0.118. The second-order valence-corrected chi connectivity index (χ2v) is 7.12. The number of aliphatic hydroxyl groups is 1. The Labute approximate surface area is 163 Å². The summed E-state index contributed by atoms with van der Waals surface area (Å²) in [6.45, 7) is 2.74. The van der Waals surface area contributed by atoms with Gasteiger partial charge in [0, 0.05) is 31.4 Å². The minimum Gasteiger partial charge on any atom is -0.385 e. The van der Waals surface area contributed by atoms with Gasteiger partial charge in [-0.1, -0.05) is 12.1 Å². The molecule has 7 heteroatoms. The number of carbonyl (C=O) groups excluding carboxylic acids is 2. The average Bonchev–Trinajstić information content (AvgIpc) is 2.65. The van der Waals surface area contributed by atoms with Crippen LogP contribution in [0.2, 0.25) is 0 Å². The summed E-state index contributed by atoms with van der Waals surface area (Å²) in [7, 11) is 0. The number of benzene rings is 2. The molecule has 1 saturated heterocycles. The molecule has 0 aliphatic carbocycles. The number of likely N-dealkylation sites (tertiary alicyclic amines) is 1. The van der Waals surface area contributed by atoms with E-state index >= 15 is 0 Å². The second-order valence-electron chi connectivity index (χ2n) is 7.12. The van der Waals surface area contributed by atoms with Crippen LogP contribution in [0.3, 0.4) is 0 Å². The third kappa shape index (κ3) is 5.15. The number of rotatable bonds is 5. The number of carbonyl (C=O) groups is 2. The SMILES string of the molecule is CC(=O)Nc1ccc(NC(=O)CN2CCC(O)(c3cccc(F)c3)CC2)cc1. The van der Waals surface area contributed by atoms with E-state index in [4.69, 9.17) is 0 Å². The van der Waals surface area contributed by atoms with E-state index in [0.29, 0.717) is 42.9 Å². The lowest BCUT2D eigenvalue weighted by atomic mass is 9.84. The minimum atomic E-state index is -1.06. The van der Waals surface area contributed by atoms with E-state index in [1.807, 2.05) is 4.90 Å². The molecule has 0 aromatic heterocycles. The van der Waals surface area contributed by atoms with Gasteiger partial charge in [0.2, 0.25) is 11.8 Å². The van der Waals surface area contributed by atoms with E-state index < -0.39 is 5.60 Å². The van der Waals surface area contributed by atoms with E-state index in [2.05, 4.69) is 10.6 Å². The van der Waals surface area contributed by atoms with Gasteiger partial charge in [-0.3, -0.25) is 14.5 Å². The van der Waals surface area contributed by atoms with Gasteiger partial charge in [-0.2, -0.15) is 0 Å². The smallest absolute Gasteiger partial charge is 0.238 e. The summed E-state index contributed by atoms with van der Waals surface area (Å²) in [5.74, 6) is -0.666. The molecule has 1 fully saturated rings. The van der Waals surface area contributed by atoms with Crippen molar-refractivity contribution in [2.45, 2.75) is 25.4 Å². The van der Waals surface area contributed by atoms with Gasteiger partial charge in [-0.05, 0) is 54.8 Å². The molecular weight excluding hydrogens is 361 g/mol. The van der Waals surface area contributed by atoms with Gasteiger partial charge in [0.25, 0.3) is 0 Å². The number of piperidine rings is 1. The highest BCUT2D eigenvalue weighted by Gasteiger charge is 2.34. The molecule has 2 aromatic carbocycles. The molecule has 2 aromatic rings. The zero-order chi connectivity index (χ0) is 20.1. The fraction of sp³-hybridized carbons (Fsp3) is 0.333. The van der Waals surface area contributed by atoms with Crippen molar-refractivity contribution in [3.8, 4) is 0 Å². The van der Waals surface area contributed by atoms with Gasteiger partial charge in [0.05, 0.1) is 12.1 Å². The molecule has 0 unspecified atom stereocenters. The maximum atomic E-state index is 13.4. The van der Waals surface area contributed by atoms with E-state index in [1.54, 1.807) is 36.4 Å². The lowest BCUT2D eigenvalue weighted by Crippen LogP contribution is -2.45. The Hall–Kier alpha value is -2.77. The Kier molecular flexibility index (Phi) is 6.06. The highest BCUT2D eigenvalue weighted by atomic mass is 19.1. The summed E-state index contributed by atoms with van der Waals surface area (Å²) in [4.78, 5) is 25.3. The first-order chi connectivity index (χ1) is 13.3. The van der Waals surface area contributed by atoms with Crippen molar-refractivity contribution in [1.29, 1.82) is 0 Å². The van der Waals surface area contributed by atoms with Crippen LogP contribution >= 0.6 is 0 Å². The van der Waals surface area contributed by atoms with Crippen LogP contribution in [0.1, 0.15) is 25.3 Å². The number of halogens is 1. The first-order valence-electron chi connectivity index (χ1n) is 9.22. The monoisotopic (exact) mass is 385 g/mol. The van der Waals surface area contributed by atoms with Crippen molar-refractivity contribution in [3.05, 3.63) is 59.9 Å². The van der Waals surface area contributed by atoms with E-state index in [0.717, 1.165) is 0 Å². The van der Waals surface area contributed by atoms with Crippen molar-refractivity contribution in [2.24, 2.45) is 0 Å². The molecule has 3 rings (SSSR count). The van der Waals surface area contributed by atoms with Crippen molar-refractivity contribution < 1.29 is 19.1 Å². The zero-order valence-corrected chi connectivity index (χ0v) is 15.7. The molecule has 2 amide bonds. The number of nitrogens with one attached hydrogen (secondary N) is 2. The van der Waals surface area contributed by atoms with Crippen molar-refractivity contribution >= 4 is 23.2 Å². The average molecular weight is 385 g/mol. The Balaban J connectivity index is 1.50. The summed E-state index contributed by atoms with van der Waals surface area (Å²) < 4.78 is 13.4. The summed E-state index contributed by atoms with van der Waals surface area (Å²) in [6.07, 6.45) is 0.879. The summed E-state index contributed by atoms with van der Waals surface area (Å²) >= 11 is 0. The van der Waals surface area contributed by atoms with Gasteiger partial charge in [0.15, 0.2) is 0 Å². The van der Waals surface area contributed by atoms with E-state index in [1.165, 1.54) is 19.1 Å². The molecular formula is C21H24FN3O3. The molecule has 0 atom stereocenters. The minimum absolute atomic E-state index is 0.150. The van der Waals surface area contributed by atoms with Crippen LogP contribution in [0.15, 0.2) is 48.5 Å². The maximum Gasteiger partial charge on any atom is 0.238 e. The van der Waals surface area contributed by atoms with Crippen LogP contribution in [-0.2, 0) is 15.2 Å². The Bertz CT molecular complexity index is 846. The van der Waals surface area contributed by atoms with Crippen molar-refractivity contribution in [2.75, 3.05) is 30.3 Å². The number of nitrogens with zero attached hydrogens (tertiary/aromatic N) is 1. The lowest BCUT2D eigenvalue weighted by Gasteiger charge is -2.38. The molecule has 0 spiro atoms. The standard InChI is InChI=1S/C21H24FN3O3/c1-15(26)23-18-5-7-19(8-6-18)24-20(27)14-25-11-9-21(28,10-12-25)16-3-2-4-17(22)13-16/h2-8,13,28H,9-12,14H2,1H3,(H,23,26)(H,24,27). The summed E-state index contributed by atoms with van der Waals surface area (Å²) in [6, 6.07) is 12.9. The van der Waals surface area contributed by atoms with Crippen LogP contribution in [-0.4, -0.2) is 41.5 Å². The van der Waals surface area contributed by atoms with E-state index in [-0.39, 0.29) is 24.2 Å². The number of hydrogen-bond acceptors (Lipinski definition) is 4. The third-order valence-corrected chi connectivity index (χ3v) is 4.90. The molecule has 3 N–H and O–H groups in total. The summed E-state index contributed by atoms with van der Waals surface area (Å²) in [5, 5.41) is 16.3. The largest absolute Gasteiger partial charge is 0.385 e. The first kappa shape index (κ1) is 20.0. The topological polar surface area (TPSA) is 81.7 Å². The fourth-order valence-electron chi connectivity index (χ4n) is 3.39. The van der Waals surface area contributed by atoms with Gasteiger partial charge in [-0.15, -0.1) is 0 Å². The maximum absolute atomic E-state index is 13.4. The summed E-state index contributed by atoms with van der Waals surface area (Å²) in [5.41, 5.74) is 0.829. The second kappa shape index (κ2) is 8.50. The molecule has 0 radical (unpaired) electrons. The molecule has 148 valence electrons. The highest BCUT2D eigenvalue weighted by molar-refractivity contribution is 5.93. The quantitative estimate of drug-likeness (QED) is 0.739. The Morgan fingerprint density at radius 2 is 1.68 bits per heavy atom. The van der Waals surface area contributed by atoms with Gasteiger partial charge >= 0.3 is 0 Å². The highest BCUT2D eigenvalue weighted by Crippen LogP contribution is 2.33. The third-order valence-electron chi connectivity index (χ3n) is 4.90. The number of amides is 2. The predicted octanol–water partition coefficient (Wildman–Crippen LogP) is 2.71. The van der Waals surface area contributed by atoms with Crippen LogP contribution in [0.4, 0.5) is 15.8 Å². The van der Waals surface area contributed by atoms with Gasteiger partial charge in [0.1, 0.15) is 5.82 Å². The van der Waals surface area contributed by atoms with Crippen LogP contribution in [0.5, 0.6) is 0 Å². The molecule has 1 aliphatic rings. The molecule has 28 heavy (non-hydrogen) atoms. The van der Waals surface area contributed by atoms with Crippen molar-refractivity contribution in [1.82, 2.24) is 4.90 Å². The molecule has 1 aliphatic heterocycles. The van der Waals surface area contributed by atoms with Crippen LogP contribution in [0.25, 0.3) is 0 Å². The van der Waals surface area contributed by atoms with Crippen LogP contribution < -0.4 is 10.6 Å². The van der Waals surface area contributed by atoms with Gasteiger partial charge in [-0.25, -0.2) is 4.39 Å². The molecule has 6 nitrogen and oxygen atoms in total. The fourth-order valence-corrected chi connectivity index (χ4v) is 3.39. The molecule has 1 heterocycles. The van der Waals surface area contributed by atoms with Gasteiger partial charge < -0.3 is 15.7 Å². The van der Waals surface area contributed by atoms with Crippen molar-refractivity contribution in [3.63, 3.8) is 0 Å². The van der Waals surface area contributed by atoms with E-state index in [9.17, 15) is 19.1 Å². The molecule has 0 bridgehead atoms. The number of anilines is 2. The predicted molar refractivity (Wildman–Crippen MR) is 105 cm³/mol. The zero-order valence-electron chi connectivity index (χ0n) is 15.7. The Morgan fingerprint density at radius 1 is 1.07 bits per heavy atom. The number of hydrogen-bond donors (Lipinski definition) is 3. The Morgan fingerprint density at radius 3 is 2.25 bits per heavy atom. The first-order valence-corrected chi connectivity index (χ1v) is 9.22. The normalized spacial score (nSPS) is 16.4.